The Balaban J connectivity index is 2.26. The standard InChI is InChI=1S/C14H13ClN2O4S/c1-3-20-11-5-4-9(6-10(11)15)7-12(13(18)19)22-14-17-16-8(2)21-14/h4-7H,3H2,1-2H3,(H,18,19)/p-1/b12-7-. The Morgan fingerprint density at radius 2 is 2.27 bits per heavy atom. The number of aryl methyl sites for hydroxylation is 1. The molecule has 0 unspecified atom stereocenters. The molecule has 0 fully saturated rings. The maximum atomic E-state index is 11.2. The number of benzene rings is 1. The Kier molecular flexibility index (Phi) is 5.46. The van der Waals surface area contributed by atoms with E-state index in [2.05, 4.69) is 10.2 Å². The zero-order valence-corrected chi connectivity index (χ0v) is 13.4. The second kappa shape index (κ2) is 7.33. The van der Waals surface area contributed by atoms with Gasteiger partial charge in [0.25, 0.3) is 5.22 Å². The Bertz CT molecular complexity index is 715. The maximum Gasteiger partial charge on any atom is 0.281 e. The molecule has 2 aromatic rings. The zero-order chi connectivity index (χ0) is 16.1. The summed E-state index contributed by atoms with van der Waals surface area (Å²) in [6.45, 7) is 3.96. The van der Waals surface area contributed by atoms with Crippen LogP contribution in [0.5, 0.6) is 5.75 Å². The van der Waals surface area contributed by atoms with E-state index < -0.39 is 5.97 Å². The van der Waals surface area contributed by atoms with Crippen LogP contribution in [0.4, 0.5) is 0 Å². The molecule has 0 saturated carbocycles. The lowest BCUT2D eigenvalue weighted by molar-refractivity contribution is -0.298. The first-order valence-electron chi connectivity index (χ1n) is 6.33. The smallest absolute Gasteiger partial charge is 0.281 e. The van der Waals surface area contributed by atoms with Gasteiger partial charge in [-0.3, -0.25) is 0 Å². The maximum absolute atomic E-state index is 11.2. The summed E-state index contributed by atoms with van der Waals surface area (Å²) in [6, 6.07) is 4.97. The zero-order valence-electron chi connectivity index (χ0n) is 11.8. The van der Waals surface area contributed by atoms with E-state index in [9.17, 15) is 9.90 Å². The van der Waals surface area contributed by atoms with Gasteiger partial charge in [0.15, 0.2) is 0 Å². The van der Waals surface area contributed by atoms with E-state index in [-0.39, 0.29) is 10.1 Å². The van der Waals surface area contributed by atoms with Gasteiger partial charge >= 0.3 is 0 Å². The molecule has 0 radical (unpaired) electrons. The molecule has 0 saturated heterocycles. The summed E-state index contributed by atoms with van der Waals surface area (Å²) in [5.41, 5.74) is 0.594. The third-order valence-electron chi connectivity index (χ3n) is 2.46. The minimum absolute atomic E-state index is 0.0659. The number of aliphatic carboxylic acids is 1. The van der Waals surface area contributed by atoms with Gasteiger partial charge < -0.3 is 19.1 Å². The molecule has 1 aromatic carbocycles. The van der Waals surface area contributed by atoms with Crippen LogP contribution in [0.15, 0.2) is 32.7 Å². The van der Waals surface area contributed by atoms with Gasteiger partial charge in [-0.25, -0.2) is 0 Å². The third-order valence-corrected chi connectivity index (χ3v) is 3.60. The first kappa shape index (κ1) is 16.4. The van der Waals surface area contributed by atoms with Crippen molar-refractivity contribution in [1.82, 2.24) is 10.2 Å². The molecule has 0 atom stereocenters. The van der Waals surface area contributed by atoms with Gasteiger partial charge in [0.1, 0.15) is 5.75 Å². The molecule has 116 valence electrons. The van der Waals surface area contributed by atoms with Crippen LogP contribution in [0.25, 0.3) is 6.08 Å². The molecule has 22 heavy (non-hydrogen) atoms. The van der Waals surface area contributed by atoms with Crippen LogP contribution in [0, 0.1) is 6.92 Å². The van der Waals surface area contributed by atoms with Gasteiger partial charge in [0, 0.05) is 11.8 Å². The highest BCUT2D eigenvalue weighted by Gasteiger charge is 2.09. The summed E-state index contributed by atoms with van der Waals surface area (Å²) in [7, 11) is 0. The lowest BCUT2D eigenvalue weighted by Crippen LogP contribution is -2.23. The molecular formula is C14H12ClN2O4S-. The molecule has 2 rings (SSSR count). The van der Waals surface area contributed by atoms with Crippen LogP contribution in [0.1, 0.15) is 18.4 Å². The number of thioether (sulfide) groups is 1. The summed E-state index contributed by atoms with van der Waals surface area (Å²) < 4.78 is 10.5. The second-order valence-corrected chi connectivity index (χ2v) is 5.51. The SMILES string of the molecule is CCOc1ccc(/C=C(\Sc2nnc(C)o2)C(=O)[O-])cc1Cl. The van der Waals surface area contributed by atoms with Gasteiger partial charge in [0.05, 0.1) is 17.6 Å². The van der Waals surface area contributed by atoms with E-state index >= 15 is 0 Å². The van der Waals surface area contributed by atoms with E-state index in [0.717, 1.165) is 11.8 Å². The molecule has 0 bridgehead atoms. The number of ether oxygens (including phenoxy) is 1. The molecule has 0 aliphatic rings. The monoisotopic (exact) mass is 339 g/mol. The summed E-state index contributed by atoms with van der Waals surface area (Å²) in [5.74, 6) is -0.452. The quantitative estimate of drug-likeness (QED) is 0.589. The Labute approximate surface area is 136 Å². The number of carbonyl (C=O) groups excluding carboxylic acids is 1. The van der Waals surface area contributed by atoms with Crippen LogP contribution in [-0.4, -0.2) is 22.8 Å². The van der Waals surface area contributed by atoms with Crippen molar-refractivity contribution in [2.45, 2.75) is 19.1 Å². The largest absolute Gasteiger partial charge is 0.544 e. The highest BCUT2D eigenvalue weighted by Crippen LogP contribution is 2.30. The fraction of sp³-hybridized carbons (Fsp3) is 0.214. The van der Waals surface area contributed by atoms with E-state index in [1.54, 1.807) is 25.1 Å². The summed E-state index contributed by atoms with van der Waals surface area (Å²) in [4.78, 5) is 11.2. The van der Waals surface area contributed by atoms with E-state index in [4.69, 9.17) is 20.8 Å². The number of nitrogens with zero attached hydrogens (tertiary/aromatic N) is 2. The van der Waals surface area contributed by atoms with Crippen LogP contribution in [-0.2, 0) is 4.79 Å². The van der Waals surface area contributed by atoms with Crippen molar-refractivity contribution in [2.24, 2.45) is 0 Å². The van der Waals surface area contributed by atoms with Crippen molar-refractivity contribution in [1.29, 1.82) is 0 Å². The first-order valence-corrected chi connectivity index (χ1v) is 7.52. The van der Waals surface area contributed by atoms with Gasteiger partial charge in [-0.1, -0.05) is 17.7 Å². The number of aromatic nitrogens is 2. The average molecular weight is 340 g/mol. The molecule has 6 nitrogen and oxygen atoms in total. The van der Waals surface area contributed by atoms with Crippen LogP contribution in [0.2, 0.25) is 5.02 Å². The van der Waals surface area contributed by atoms with E-state index in [1.165, 1.54) is 6.08 Å². The predicted molar refractivity (Wildman–Crippen MR) is 80.5 cm³/mol. The summed E-state index contributed by atoms with van der Waals surface area (Å²) in [6.07, 6.45) is 1.42. The fourth-order valence-electron chi connectivity index (χ4n) is 1.57. The average Bonchev–Trinajstić information content (AvgIpc) is 2.86. The highest BCUT2D eigenvalue weighted by molar-refractivity contribution is 8.03. The van der Waals surface area contributed by atoms with Gasteiger partial charge in [-0.15, -0.1) is 10.2 Å². The molecule has 0 aliphatic heterocycles. The molecule has 0 spiro atoms. The predicted octanol–water partition coefficient (Wildman–Crippen LogP) is 2.31. The summed E-state index contributed by atoms with van der Waals surface area (Å²) >= 11 is 6.89. The number of halogens is 1. The molecule has 0 N–H and O–H groups in total. The van der Waals surface area contributed by atoms with Gasteiger partial charge in [-0.2, -0.15) is 0 Å². The third kappa shape index (κ3) is 4.25. The minimum atomic E-state index is -1.34. The number of hydrogen-bond donors (Lipinski definition) is 0. The summed E-state index contributed by atoms with van der Waals surface area (Å²) in [5, 5.41) is 19.1. The van der Waals surface area contributed by atoms with Crippen molar-refractivity contribution in [3.8, 4) is 5.75 Å². The van der Waals surface area contributed by atoms with Gasteiger partial charge in [-0.05, 0) is 42.5 Å². The molecule has 8 heteroatoms. The molecule has 0 aliphatic carbocycles. The highest BCUT2D eigenvalue weighted by atomic mass is 35.5. The molecule has 1 heterocycles. The van der Waals surface area contributed by atoms with Crippen molar-refractivity contribution in [3.05, 3.63) is 39.6 Å². The lowest BCUT2D eigenvalue weighted by atomic mass is 10.2. The van der Waals surface area contributed by atoms with E-state index in [0.29, 0.717) is 28.8 Å². The lowest BCUT2D eigenvalue weighted by Gasteiger charge is -2.08. The number of carboxylic acid groups (broad SMARTS) is 1. The van der Waals surface area contributed by atoms with E-state index in [1.807, 2.05) is 6.92 Å². The van der Waals surface area contributed by atoms with Crippen molar-refractivity contribution >= 4 is 35.4 Å². The van der Waals surface area contributed by atoms with Gasteiger partial charge in [0.2, 0.25) is 5.89 Å². The number of hydrogen-bond acceptors (Lipinski definition) is 7. The van der Waals surface area contributed by atoms with Crippen molar-refractivity contribution in [3.63, 3.8) is 0 Å². The second-order valence-electron chi connectivity index (χ2n) is 4.11. The minimum Gasteiger partial charge on any atom is -0.544 e. The van der Waals surface area contributed by atoms with Crippen LogP contribution in [0.3, 0.4) is 0 Å². The molecular weight excluding hydrogens is 328 g/mol. The Morgan fingerprint density at radius 1 is 1.50 bits per heavy atom. The number of rotatable bonds is 6. The number of carbonyl (C=O) groups is 1. The molecule has 1 aromatic heterocycles. The topological polar surface area (TPSA) is 88.3 Å². The Morgan fingerprint density at radius 3 is 2.82 bits per heavy atom. The van der Waals surface area contributed by atoms with Crippen molar-refractivity contribution < 1.29 is 19.1 Å². The number of carboxylic acids is 1. The fourth-order valence-corrected chi connectivity index (χ4v) is 2.53. The Hall–Kier alpha value is -1.99. The first-order chi connectivity index (χ1) is 10.5. The van der Waals surface area contributed by atoms with Crippen LogP contribution >= 0.6 is 23.4 Å². The molecule has 0 amide bonds. The van der Waals surface area contributed by atoms with Crippen molar-refractivity contribution in [2.75, 3.05) is 6.61 Å². The van der Waals surface area contributed by atoms with Crippen LogP contribution < -0.4 is 9.84 Å². The normalized spacial score (nSPS) is 11.5.